The SMILES string of the molecule is CC(=O)c1c(C)[nH]c(-c2nc3ccccc3n2Cc2ccccn2)c1C. The van der Waals surface area contributed by atoms with Gasteiger partial charge in [0.15, 0.2) is 11.6 Å². The Morgan fingerprint density at radius 3 is 2.58 bits per heavy atom. The number of aryl methyl sites for hydroxylation is 1. The van der Waals surface area contributed by atoms with Crippen LogP contribution < -0.4 is 0 Å². The number of aromatic nitrogens is 4. The molecule has 3 heterocycles. The molecular weight excluding hydrogens is 324 g/mol. The van der Waals surface area contributed by atoms with Gasteiger partial charge in [-0.05, 0) is 50.6 Å². The van der Waals surface area contributed by atoms with E-state index in [0.29, 0.717) is 6.54 Å². The van der Waals surface area contributed by atoms with Gasteiger partial charge in [0.25, 0.3) is 0 Å². The highest BCUT2D eigenvalue weighted by Crippen LogP contribution is 2.30. The zero-order valence-corrected chi connectivity index (χ0v) is 15.1. The summed E-state index contributed by atoms with van der Waals surface area (Å²) in [5.41, 5.74) is 6.38. The molecule has 1 aromatic carbocycles. The number of hydrogen-bond donors (Lipinski definition) is 1. The Balaban J connectivity index is 1.94. The summed E-state index contributed by atoms with van der Waals surface area (Å²) in [6.07, 6.45) is 1.80. The zero-order chi connectivity index (χ0) is 18.3. The fraction of sp³-hybridized carbons (Fsp3) is 0.190. The number of para-hydroxylation sites is 2. The van der Waals surface area contributed by atoms with E-state index in [0.717, 1.165) is 45.1 Å². The van der Waals surface area contributed by atoms with Crippen LogP contribution in [0.1, 0.15) is 34.2 Å². The van der Waals surface area contributed by atoms with E-state index in [2.05, 4.69) is 20.6 Å². The smallest absolute Gasteiger partial charge is 0.161 e. The Kier molecular flexibility index (Phi) is 3.92. The van der Waals surface area contributed by atoms with Gasteiger partial charge in [-0.2, -0.15) is 0 Å². The molecule has 0 atom stereocenters. The highest BCUT2D eigenvalue weighted by atomic mass is 16.1. The van der Waals surface area contributed by atoms with E-state index in [1.54, 1.807) is 13.1 Å². The molecule has 130 valence electrons. The van der Waals surface area contributed by atoms with Gasteiger partial charge < -0.3 is 9.55 Å². The van der Waals surface area contributed by atoms with Crippen molar-refractivity contribution >= 4 is 16.8 Å². The summed E-state index contributed by atoms with van der Waals surface area (Å²) in [5.74, 6) is 0.889. The number of benzene rings is 1. The molecule has 0 radical (unpaired) electrons. The number of carbonyl (C=O) groups excluding carboxylic acids is 1. The van der Waals surface area contributed by atoms with Crippen LogP contribution in [0, 0.1) is 13.8 Å². The second-order valence-electron chi connectivity index (χ2n) is 6.51. The van der Waals surface area contributed by atoms with Gasteiger partial charge in [0.2, 0.25) is 0 Å². The number of carbonyl (C=O) groups is 1. The average molecular weight is 344 g/mol. The van der Waals surface area contributed by atoms with Gasteiger partial charge in [-0.1, -0.05) is 18.2 Å². The summed E-state index contributed by atoms with van der Waals surface area (Å²) in [4.78, 5) is 24.7. The van der Waals surface area contributed by atoms with Crippen LogP contribution in [0.2, 0.25) is 0 Å². The van der Waals surface area contributed by atoms with Crippen molar-refractivity contribution in [2.75, 3.05) is 0 Å². The van der Waals surface area contributed by atoms with Crippen LogP contribution in [0.15, 0.2) is 48.7 Å². The van der Waals surface area contributed by atoms with Crippen LogP contribution >= 0.6 is 0 Å². The molecule has 0 fully saturated rings. The minimum atomic E-state index is 0.0647. The van der Waals surface area contributed by atoms with Gasteiger partial charge in [-0.3, -0.25) is 9.78 Å². The highest BCUT2D eigenvalue weighted by molar-refractivity contribution is 5.98. The first-order valence-corrected chi connectivity index (χ1v) is 8.62. The molecule has 0 bridgehead atoms. The number of hydrogen-bond acceptors (Lipinski definition) is 3. The number of aromatic amines is 1. The Bertz CT molecular complexity index is 1110. The molecule has 3 aromatic heterocycles. The summed E-state index contributed by atoms with van der Waals surface area (Å²) in [6, 6.07) is 14.0. The normalized spacial score (nSPS) is 11.2. The number of H-pyrrole nitrogens is 1. The summed E-state index contributed by atoms with van der Waals surface area (Å²) < 4.78 is 2.15. The second-order valence-corrected chi connectivity index (χ2v) is 6.51. The van der Waals surface area contributed by atoms with Crippen LogP contribution in [-0.2, 0) is 6.54 Å². The van der Waals surface area contributed by atoms with E-state index in [-0.39, 0.29) is 5.78 Å². The van der Waals surface area contributed by atoms with Gasteiger partial charge >= 0.3 is 0 Å². The number of nitrogens with zero attached hydrogens (tertiary/aromatic N) is 3. The quantitative estimate of drug-likeness (QED) is 0.562. The molecule has 5 nitrogen and oxygen atoms in total. The van der Waals surface area contributed by atoms with Crippen molar-refractivity contribution in [3.8, 4) is 11.5 Å². The lowest BCUT2D eigenvalue weighted by molar-refractivity contribution is 0.101. The lowest BCUT2D eigenvalue weighted by Crippen LogP contribution is -2.04. The molecule has 0 aliphatic rings. The van der Waals surface area contributed by atoms with Crippen LogP contribution in [0.25, 0.3) is 22.6 Å². The van der Waals surface area contributed by atoms with Crippen molar-refractivity contribution in [2.24, 2.45) is 0 Å². The molecule has 0 saturated heterocycles. The molecule has 26 heavy (non-hydrogen) atoms. The molecule has 0 amide bonds. The van der Waals surface area contributed by atoms with Crippen LogP contribution in [0.5, 0.6) is 0 Å². The summed E-state index contributed by atoms with van der Waals surface area (Å²) >= 11 is 0. The molecule has 0 unspecified atom stereocenters. The minimum Gasteiger partial charge on any atom is -0.355 e. The van der Waals surface area contributed by atoms with Gasteiger partial charge in [0.1, 0.15) is 0 Å². The summed E-state index contributed by atoms with van der Waals surface area (Å²) in [7, 11) is 0. The topological polar surface area (TPSA) is 63.6 Å². The van der Waals surface area contributed by atoms with Crippen molar-refractivity contribution in [3.63, 3.8) is 0 Å². The van der Waals surface area contributed by atoms with E-state index in [4.69, 9.17) is 4.98 Å². The first-order chi connectivity index (χ1) is 12.6. The van der Waals surface area contributed by atoms with E-state index in [1.807, 2.05) is 50.2 Å². The molecule has 0 saturated carbocycles. The Hall–Kier alpha value is -3.21. The Morgan fingerprint density at radius 1 is 1.12 bits per heavy atom. The van der Waals surface area contributed by atoms with Gasteiger partial charge in [0.05, 0.1) is 29.0 Å². The Morgan fingerprint density at radius 2 is 1.88 bits per heavy atom. The third-order valence-corrected chi connectivity index (χ3v) is 4.71. The molecule has 0 spiro atoms. The molecule has 1 N–H and O–H groups in total. The standard InChI is InChI=1S/C21H20N4O/c1-13-19(15(3)26)14(2)23-20(13)21-24-17-9-4-5-10-18(17)25(21)12-16-8-6-7-11-22-16/h4-11,23H,12H2,1-3H3. The van der Waals surface area contributed by atoms with Crippen LogP contribution in [-0.4, -0.2) is 25.3 Å². The maximum absolute atomic E-state index is 12.0. The van der Waals surface area contributed by atoms with Crippen LogP contribution in [0.4, 0.5) is 0 Å². The lowest BCUT2D eigenvalue weighted by atomic mass is 10.1. The molecule has 4 aromatic rings. The van der Waals surface area contributed by atoms with E-state index < -0.39 is 0 Å². The maximum Gasteiger partial charge on any atom is 0.161 e. The van der Waals surface area contributed by atoms with Gasteiger partial charge in [-0.15, -0.1) is 0 Å². The number of fused-ring (bicyclic) bond motifs is 1. The van der Waals surface area contributed by atoms with Crippen LogP contribution in [0.3, 0.4) is 0 Å². The largest absolute Gasteiger partial charge is 0.355 e. The second kappa shape index (κ2) is 6.26. The third-order valence-electron chi connectivity index (χ3n) is 4.71. The van der Waals surface area contributed by atoms with Crippen molar-refractivity contribution < 1.29 is 4.79 Å². The summed E-state index contributed by atoms with van der Waals surface area (Å²) in [5, 5.41) is 0. The average Bonchev–Trinajstić information content (AvgIpc) is 3.13. The van der Waals surface area contributed by atoms with Crippen molar-refractivity contribution in [2.45, 2.75) is 27.3 Å². The fourth-order valence-corrected chi connectivity index (χ4v) is 3.58. The molecular formula is C21H20N4O. The lowest BCUT2D eigenvalue weighted by Gasteiger charge is -2.09. The number of ketones is 1. The van der Waals surface area contributed by atoms with Gasteiger partial charge in [-0.25, -0.2) is 4.98 Å². The number of rotatable bonds is 4. The van der Waals surface area contributed by atoms with Gasteiger partial charge in [0, 0.05) is 17.5 Å². The third kappa shape index (κ3) is 2.62. The van der Waals surface area contributed by atoms with Crippen molar-refractivity contribution in [1.29, 1.82) is 0 Å². The number of imidazole rings is 1. The first kappa shape index (κ1) is 16.3. The minimum absolute atomic E-state index is 0.0647. The monoisotopic (exact) mass is 344 g/mol. The molecule has 4 rings (SSSR count). The predicted molar refractivity (Wildman–Crippen MR) is 102 cm³/mol. The molecule has 0 aliphatic carbocycles. The number of Topliss-reactive ketones (excluding diaryl/α,β-unsaturated/α-hetero) is 1. The van der Waals surface area contributed by atoms with Crippen molar-refractivity contribution in [1.82, 2.24) is 19.5 Å². The molecule has 0 aliphatic heterocycles. The number of pyridine rings is 1. The van der Waals surface area contributed by atoms with E-state index in [1.165, 1.54) is 0 Å². The zero-order valence-electron chi connectivity index (χ0n) is 15.1. The first-order valence-electron chi connectivity index (χ1n) is 8.62. The van der Waals surface area contributed by atoms with E-state index in [9.17, 15) is 4.79 Å². The van der Waals surface area contributed by atoms with Crippen molar-refractivity contribution in [3.05, 3.63) is 71.2 Å². The predicted octanol–water partition coefficient (Wildman–Crippen LogP) is 4.29. The fourth-order valence-electron chi connectivity index (χ4n) is 3.58. The maximum atomic E-state index is 12.0. The summed E-state index contributed by atoms with van der Waals surface area (Å²) in [6.45, 7) is 6.12. The molecule has 5 heteroatoms. The number of nitrogens with one attached hydrogen (secondary N) is 1. The Labute approximate surface area is 151 Å². The van der Waals surface area contributed by atoms with E-state index >= 15 is 0 Å². The highest BCUT2D eigenvalue weighted by Gasteiger charge is 2.21.